The minimum absolute atomic E-state index is 0.113. The summed E-state index contributed by atoms with van der Waals surface area (Å²) >= 11 is 0. The standard InChI is InChI=1S/C24H23F6N3O2/c1-22(12-31-21(35)15-10-16(25)20(34)19(27)18(15)26)5-7-23(2,8-6-22)33-11-13-9-14(24(28,29)30)3-4-17(13)32-33/h3-4,9-11,34H,5-8,12H2,1-2H3,(H,31,35). The number of carbonyl (C=O) groups is 1. The van der Waals surface area contributed by atoms with Gasteiger partial charge in [0.15, 0.2) is 17.4 Å². The van der Waals surface area contributed by atoms with E-state index in [1.165, 1.54) is 6.07 Å². The van der Waals surface area contributed by atoms with E-state index in [4.69, 9.17) is 5.11 Å². The van der Waals surface area contributed by atoms with Crippen molar-refractivity contribution >= 4 is 16.8 Å². The third kappa shape index (κ3) is 4.68. The molecule has 5 nitrogen and oxygen atoms in total. The van der Waals surface area contributed by atoms with Gasteiger partial charge in [0.2, 0.25) is 5.82 Å². The Morgan fingerprint density at radius 1 is 1.09 bits per heavy atom. The largest absolute Gasteiger partial charge is 0.503 e. The van der Waals surface area contributed by atoms with Crippen LogP contribution in [0, 0.1) is 22.9 Å². The van der Waals surface area contributed by atoms with Gasteiger partial charge in [0.05, 0.1) is 22.2 Å². The van der Waals surface area contributed by atoms with Crippen molar-refractivity contribution in [3.63, 3.8) is 0 Å². The van der Waals surface area contributed by atoms with Crippen LogP contribution < -0.4 is 5.32 Å². The van der Waals surface area contributed by atoms with Crippen molar-refractivity contribution in [1.82, 2.24) is 15.1 Å². The van der Waals surface area contributed by atoms with Crippen LogP contribution in [0.1, 0.15) is 55.5 Å². The van der Waals surface area contributed by atoms with Gasteiger partial charge >= 0.3 is 6.18 Å². The van der Waals surface area contributed by atoms with Gasteiger partial charge < -0.3 is 10.4 Å². The third-order valence-corrected chi connectivity index (χ3v) is 6.97. The maximum atomic E-state index is 14.0. The number of nitrogens with zero attached hydrogens (tertiary/aromatic N) is 2. The molecule has 2 aromatic carbocycles. The highest BCUT2D eigenvalue weighted by Crippen LogP contribution is 2.44. The Labute approximate surface area is 196 Å². The number of aromatic hydroxyl groups is 1. The monoisotopic (exact) mass is 499 g/mol. The summed E-state index contributed by atoms with van der Waals surface area (Å²) < 4.78 is 81.9. The number of aromatic nitrogens is 2. The number of amides is 1. The molecule has 4 rings (SSSR count). The zero-order valence-corrected chi connectivity index (χ0v) is 18.9. The number of fused-ring (bicyclic) bond motifs is 1. The summed E-state index contributed by atoms with van der Waals surface area (Å²) in [4.78, 5) is 12.4. The molecule has 188 valence electrons. The number of benzene rings is 2. The molecule has 0 atom stereocenters. The van der Waals surface area contributed by atoms with Crippen LogP contribution in [0.4, 0.5) is 26.3 Å². The smallest absolute Gasteiger partial charge is 0.416 e. The van der Waals surface area contributed by atoms with E-state index in [0.29, 0.717) is 42.7 Å². The highest BCUT2D eigenvalue weighted by Gasteiger charge is 2.40. The topological polar surface area (TPSA) is 67.2 Å². The molecule has 0 aliphatic heterocycles. The molecule has 0 spiro atoms. The summed E-state index contributed by atoms with van der Waals surface area (Å²) in [6.45, 7) is 3.98. The summed E-state index contributed by atoms with van der Waals surface area (Å²) in [5.41, 5.74) is -2.00. The molecule has 0 bridgehead atoms. The van der Waals surface area contributed by atoms with Crippen LogP contribution in [0.2, 0.25) is 0 Å². The van der Waals surface area contributed by atoms with Crippen molar-refractivity contribution in [3.05, 3.63) is 59.0 Å². The molecule has 3 aromatic rings. The Kier molecular flexibility index (Phi) is 6.01. The fraction of sp³-hybridized carbons (Fsp3) is 0.417. The van der Waals surface area contributed by atoms with Gasteiger partial charge in [-0.15, -0.1) is 0 Å². The van der Waals surface area contributed by atoms with Crippen molar-refractivity contribution in [1.29, 1.82) is 0 Å². The van der Waals surface area contributed by atoms with Gasteiger partial charge in [-0.3, -0.25) is 9.48 Å². The van der Waals surface area contributed by atoms with Gasteiger partial charge in [-0.25, -0.2) is 8.78 Å². The van der Waals surface area contributed by atoms with E-state index < -0.39 is 57.4 Å². The number of rotatable bonds is 4. The lowest BCUT2D eigenvalue weighted by atomic mass is 9.69. The summed E-state index contributed by atoms with van der Waals surface area (Å²) in [7, 11) is 0. The second kappa shape index (κ2) is 8.46. The number of phenolic OH excluding ortho intramolecular Hbond substituents is 1. The van der Waals surface area contributed by atoms with E-state index in [9.17, 15) is 31.1 Å². The lowest BCUT2D eigenvalue weighted by Crippen LogP contribution is -2.43. The normalized spacial score (nSPS) is 23.0. The van der Waals surface area contributed by atoms with Gasteiger partial charge in [0.25, 0.3) is 5.91 Å². The number of hydrogen-bond acceptors (Lipinski definition) is 3. The highest BCUT2D eigenvalue weighted by atomic mass is 19.4. The van der Waals surface area contributed by atoms with E-state index in [1.807, 2.05) is 13.8 Å². The maximum Gasteiger partial charge on any atom is 0.416 e. The van der Waals surface area contributed by atoms with Gasteiger partial charge in [0.1, 0.15) is 0 Å². The first kappa shape index (κ1) is 24.9. The first-order valence-corrected chi connectivity index (χ1v) is 10.9. The summed E-state index contributed by atoms with van der Waals surface area (Å²) in [5, 5.41) is 16.5. The molecule has 0 radical (unpaired) electrons. The summed E-state index contributed by atoms with van der Waals surface area (Å²) in [5.74, 6) is -7.40. The Morgan fingerprint density at radius 3 is 2.37 bits per heavy atom. The predicted octanol–water partition coefficient (Wildman–Crippen LogP) is 5.90. The predicted molar refractivity (Wildman–Crippen MR) is 115 cm³/mol. The molecular weight excluding hydrogens is 476 g/mol. The third-order valence-electron chi connectivity index (χ3n) is 6.97. The lowest BCUT2D eigenvalue weighted by molar-refractivity contribution is -0.137. The number of hydrogen-bond donors (Lipinski definition) is 2. The average Bonchev–Trinajstić information content (AvgIpc) is 3.25. The van der Waals surface area contributed by atoms with Crippen molar-refractivity contribution in [2.75, 3.05) is 6.54 Å². The molecule has 1 aliphatic rings. The van der Waals surface area contributed by atoms with Crippen molar-refractivity contribution in [3.8, 4) is 5.75 Å². The van der Waals surface area contributed by atoms with Gasteiger partial charge in [-0.2, -0.15) is 22.7 Å². The molecule has 0 saturated heterocycles. The first-order valence-electron chi connectivity index (χ1n) is 10.9. The minimum atomic E-state index is -4.45. The van der Waals surface area contributed by atoms with E-state index >= 15 is 0 Å². The lowest BCUT2D eigenvalue weighted by Gasteiger charge is -2.43. The summed E-state index contributed by atoms with van der Waals surface area (Å²) in [6.07, 6.45) is -0.417. The molecule has 35 heavy (non-hydrogen) atoms. The summed E-state index contributed by atoms with van der Waals surface area (Å²) in [6, 6.07) is 3.85. The second-order valence-electron chi connectivity index (χ2n) is 9.72. The quantitative estimate of drug-likeness (QED) is 0.347. The Bertz CT molecular complexity index is 1290. The van der Waals surface area contributed by atoms with Crippen LogP contribution in [0.3, 0.4) is 0 Å². The molecule has 1 amide bonds. The molecule has 1 heterocycles. The number of carbonyl (C=O) groups excluding carboxylic acids is 1. The van der Waals surface area contributed by atoms with E-state index in [2.05, 4.69) is 10.4 Å². The minimum Gasteiger partial charge on any atom is -0.503 e. The van der Waals surface area contributed by atoms with Crippen LogP contribution in [0.15, 0.2) is 30.5 Å². The van der Waals surface area contributed by atoms with Crippen molar-refractivity contribution in [2.24, 2.45) is 5.41 Å². The first-order chi connectivity index (χ1) is 16.2. The Morgan fingerprint density at radius 2 is 1.74 bits per heavy atom. The van der Waals surface area contributed by atoms with Crippen LogP contribution >= 0.6 is 0 Å². The van der Waals surface area contributed by atoms with E-state index in [-0.39, 0.29) is 6.54 Å². The number of phenols is 1. The molecule has 1 saturated carbocycles. The number of halogens is 6. The van der Waals surface area contributed by atoms with E-state index in [1.54, 1.807) is 10.9 Å². The fourth-order valence-corrected chi connectivity index (χ4v) is 4.42. The van der Waals surface area contributed by atoms with Gasteiger partial charge in [-0.05, 0) is 62.3 Å². The van der Waals surface area contributed by atoms with Gasteiger partial charge in [-0.1, -0.05) is 6.92 Å². The van der Waals surface area contributed by atoms with Crippen LogP contribution in [0.25, 0.3) is 10.9 Å². The Balaban J connectivity index is 1.44. The molecule has 0 unspecified atom stereocenters. The maximum absolute atomic E-state index is 14.0. The number of alkyl halides is 3. The van der Waals surface area contributed by atoms with Crippen molar-refractivity contribution < 1.29 is 36.2 Å². The molecule has 11 heteroatoms. The zero-order valence-electron chi connectivity index (χ0n) is 18.9. The molecule has 1 aromatic heterocycles. The molecule has 2 N–H and O–H groups in total. The SMILES string of the molecule is CC1(CNC(=O)c2cc(F)c(O)c(F)c2F)CCC(C)(n2cc3cc(C(F)(F)F)ccc3n2)CC1. The fourth-order valence-electron chi connectivity index (χ4n) is 4.42. The van der Waals surface area contributed by atoms with Crippen LogP contribution in [-0.4, -0.2) is 27.3 Å². The number of nitrogens with one attached hydrogen (secondary N) is 1. The van der Waals surface area contributed by atoms with Gasteiger partial charge in [0, 0.05) is 18.1 Å². The molecule has 1 fully saturated rings. The zero-order chi connectivity index (χ0) is 25.8. The highest BCUT2D eigenvalue weighted by molar-refractivity contribution is 5.94. The van der Waals surface area contributed by atoms with Crippen LogP contribution in [0.5, 0.6) is 5.75 Å². The van der Waals surface area contributed by atoms with E-state index in [0.717, 1.165) is 12.1 Å². The van der Waals surface area contributed by atoms with Crippen molar-refractivity contribution in [2.45, 2.75) is 51.2 Å². The Hall–Kier alpha value is -3.24. The second-order valence-corrected chi connectivity index (χ2v) is 9.72. The van der Waals surface area contributed by atoms with Crippen LogP contribution in [-0.2, 0) is 11.7 Å². The molecular formula is C24H23F6N3O2. The molecule has 1 aliphatic carbocycles. The average molecular weight is 499 g/mol.